The number of rotatable bonds is 6. The second-order valence-corrected chi connectivity index (χ2v) is 6.75. The Hall–Kier alpha value is -2.67. The number of nitrogens with one attached hydrogen (secondary N) is 2. The second kappa shape index (κ2) is 8.14. The van der Waals surface area contributed by atoms with Gasteiger partial charge in [0.05, 0.1) is 19.1 Å². The zero-order valence-corrected chi connectivity index (χ0v) is 15.5. The third kappa shape index (κ3) is 4.70. The van der Waals surface area contributed by atoms with E-state index in [0.717, 1.165) is 11.1 Å². The van der Waals surface area contributed by atoms with Crippen LogP contribution in [0.15, 0.2) is 33.9 Å². The summed E-state index contributed by atoms with van der Waals surface area (Å²) in [6.45, 7) is 7.37. The lowest BCUT2D eigenvalue weighted by molar-refractivity contribution is -0.133. The average molecular weight is 359 g/mol. The van der Waals surface area contributed by atoms with E-state index in [2.05, 4.69) is 9.97 Å². The zero-order chi connectivity index (χ0) is 19.4. The molecule has 1 atom stereocenters. The number of nitrogens with zero attached hydrogens (tertiary/aromatic N) is 1. The summed E-state index contributed by atoms with van der Waals surface area (Å²) in [4.78, 5) is 42.1. The molecule has 7 nitrogen and oxygen atoms in total. The van der Waals surface area contributed by atoms with E-state index >= 15 is 0 Å². The van der Waals surface area contributed by atoms with Gasteiger partial charge in [0.2, 0.25) is 5.91 Å². The molecule has 0 fully saturated rings. The number of aliphatic hydroxyl groups is 1. The van der Waals surface area contributed by atoms with Crippen molar-refractivity contribution in [1.82, 2.24) is 14.9 Å². The van der Waals surface area contributed by atoms with Gasteiger partial charge in [-0.2, -0.15) is 0 Å². The standard InChI is InChI=1S/C19H25N3O4/c1-11(2)22(10-16(23)14-7-5-12(3)6-8-14)17(24)9-15-13(4)20-19(26)21-18(15)25/h5-8,11,16,23H,9-10H2,1-4H3,(H2,20,21,25,26)/t16-/m0/s1. The molecule has 0 radical (unpaired) electrons. The minimum absolute atomic E-state index is 0.125. The molecule has 7 heteroatoms. The topological polar surface area (TPSA) is 106 Å². The summed E-state index contributed by atoms with van der Waals surface area (Å²) in [6, 6.07) is 7.33. The van der Waals surface area contributed by atoms with Gasteiger partial charge in [-0.3, -0.25) is 14.6 Å². The van der Waals surface area contributed by atoms with Gasteiger partial charge in [0.15, 0.2) is 0 Å². The second-order valence-electron chi connectivity index (χ2n) is 6.75. The van der Waals surface area contributed by atoms with E-state index in [1.807, 2.05) is 45.0 Å². The monoisotopic (exact) mass is 359 g/mol. The van der Waals surface area contributed by atoms with Crippen molar-refractivity contribution in [1.29, 1.82) is 0 Å². The van der Waals surface area contributed by atoms with E-state index in [0.29, 0.717) is 5.69 Å². The Balaban J connectivity index is 2.19. The Bertz CT molecular complexity index is 881. The Morgan fingerprint density at radius 1 is 1.12 bits per heavy atom. The number of hydrogen-bond donors (Lipinski definition) is 3. The van der Waals surface area contributed by atoms with Gasteiger partial charge in [-0.25, -0.2) is 4.79 Å². The van der Waals surface area contributed by atoms with Crippen LogP contribution in [0.5, 0.6) is 0 Å². The van der Waals surface area contributed by atoms with Crippen molar-refractivity contribution in [3.63, 3.8) is 0 Å². The number of aliphatic hydroxyl groups excluding tert-OH is 1. The van der Waals surface area contributed by atoms with E-state index in [4.69, 9.17) is 0 Å². The van der Waals surface area contributed by atoms with Crippen LogP contribution in [0.1, 0.15) is 42.3 Å². The van der Waals surface area contributed by atoms with Crippen molar-refractivity contribution in [3.8, 4) is 0 Å². The Morgan fingerprint density at radius 2 is 1.73 bits per heavy atom. The molecule has 0 saturated carbocycles. The molecule has 1 aromatic heterocycles. The molecule has 26 heavy (non-hydrogen) atoms. The molecule has 0 saturated heterocycles. The van der Waals surface area contributed by atoms with Gasteiger partial charge in [0, 0.05) is 17.3 Å². The maximum atomic E-state index is 12.7. The van der Waals surface area contributed by atoms with Gasteiger partial charge in [0.25, 0.3) is 5.56 Å². The number of aromatic amines is 2. The summed E-state index contributed by atoms with van der Waals surface area (Å²) >= 11 is 0. The van der Waals surface area contributed by atoms with Crippen LogP contribution in [0.4, 0.5) is 0 Å². The van der Waals surface area contributed by atoms with Crippen LogP contribution in [-0.2, 0) is 11.2 Å². The summed E-state index contributed by atoms with van der Waals surface area (Å²) < 4.78 is 0. The molecule has 1 aromatic carbocycles. The number of benzene rings is 1. The summed E-state index contributed by atoms with van der Waals surface area (Å²) in [6.07, 6.45) is -0.964. The molecule has 1 amide bonds. The SMILES string of the molecule is Cc1ccc([C@@H](O)CN(C(=O)Cc2c(C)[nH]c(=O)[nH]c2=O)C(C)C)cc1. The molecule has 140 valence electrons. The molecular formula is C19H25N3O4. The first kappa shape index (κ1) is 19.7. The van der Waals surface area contributed by atoms with Gasteiger partial charge in [-0.1, -0.05) is 29.8 Å². The van der Waals surface area contributed by atoms with Gasteiger partial charge in [-0.05, 0) is 33.3 Å². The largest absolute Gasteiger partial charge is 0.387 e. The van der Waals surface area contributed by atoms with Crippen LogP contribution in [0.25, 0.3) is 0 Å². The number of carbonyl (C=O) groups excluding carboxylic acids is 1. The first-order valence-electron chi connectivity index (χ1n) is 8.55. The minimum Gasteiger partial charge on any atom is -0.387 e. The number of H-pyrrole nitrogens is 2. The fourth-order valence-electron chi connectivity index (χ4n) is 2.77. The average Bonchev–Trinajstić information content (AvgIpc) is 2.55. The quantitative estimate of drug-likeness (QED) is 0.720. The van der Waals surface area contributed by atoms with E-state index in [9.17, 15) is 19.5 Å². The minimum atomic E-state index is -0.822. The van der Waals surface area contributed by atoms with Crippen molar-refractivity contribution in [2.75, 3.05) is 6.54 Å². The number of aromatic nitrogens is 2. The highest BCUT2D eigenvalue weighted by atomic mass is 16.3. The van der Waals surface area contributed by atoms with Crippen molar-refractivity contribution >= 4 is 5.91 Å². The third-order valence-electron chi connectivity index (χ3n) is 4.36. The molecule has 0 bridgehead atoms. The first-order chi connectivity index (χ1) is 12.2. The lowest BCUT2D eigenvalue weighted by atomic mass is 10.1. The zero-order valence-electron chi connectivity index (χ0n) is 15.5. The van der Waals surface area contributed by atoms with Gasteiger partial charge in [-0.15, -0.1) is 0 Å². The van der Waals surface area contributed by atoms with E-state index in [1.165, 1.54) is 4.90 Å². The van der Waals surface area contributed by atoms with E-state index < -0.39 is 17.4 Å². The lowest BCUT2D eigenvalue weighted by Gasteiger charge is -2.29. The van der Waals surface area contributed by atoms with E-state index in [-0.39, 0.29) is 30.5 Å². The molecule has 1 heterocycles. The Kier molecular flexibility index (Phi) is 6.15. The number of aryl methyl sites for hydroxylation is 2. The molecular weight excluding hydrogens is 334 g/mol. The van der Waals surface area contributed by atoms with Gasteiger partial charge in [0.1, 0.15) is 0 Å². The summed E-state index contributed by atoms with van der Waals surface area (Å²) in [5, 5.41) is 10.5. The Labute approximate surface area is 151 Å². The molecule has 0 spiro atoms. The fraction of sp³-hybridized carbons (Fsp3) is 0.421. The molecule has 0 unspecified atom stereocenters. The molecule has 0 aliphatic carbocycles. The van der Waals surface area contributed by atoms with Crippen molar-refractivity contribution in [2.24, 2.45) is 0 Å². The van der Waals surface area contributed by atoms with Crippen LogP contribution in [-0.4, -0.2) is 38.5 Å². The molecule has 2 aromatic rings. The summed E-state index contributed by atoms with van der Waals surface area (Å²) in [5.74, 6) is -0.285. The highest BCUT2D eigenvalue weighted by molar-refractivity contribution is 5.79. The highest BCUT2D eigenvalue weighted by Gasteiger charge is 2.23. The first-order valence-corrected chi connectivity index (χ1v) is 8.55. The molecule has 3 N–H and O–H groups in total. The van der Waals surface area contributed by atoms with E-state index in [1.54, 1.807) is 6.92 Å². The summed E-state index contributed by atoms with van der Waals surface area (Å²) in [5.41, 5.74) is 1.25. The fourth-order valence-corrected chi connectivity index (χ4v) is 2.77. The molecule has 2 rings (SSSR count). The third-order valence-corrected chi connectivity index (χ3v) is 4.36. The van der Waals surface area contributed by atoms with Crippen molar-refractivity contribution in [3.05, 3.63) is 67.5 Å². The van der Waals surface area contributed by atoms with Crippen LogP contribution < -0.4 is 11.2 Å². The van der Waals surface area contributed by atoms with Crippen LogP contribution in [0.2, 0.25) is 0 Å². The van der Waals surface area contributed by atoms with Crippen LogP contribution >= 0.6 is 0 Å². The maximum absolute atomic E-state index is 12.7. The number of amides is 1. The highest BCUT2D eigenvalue weighted by Crippen LogP contribution is 2.17. The predicted octanol–water partition coefficient (Wildman–Crippen LogP) is 1.19. The smallest absolute Gasteiger partial charge is 0.325 e. The number of carbonyl (C=O) groups is 1. The van der Waals surface area contributed by atoms with Crippen LogP contribution in [0, 0.1) is 13.8 Å². The molecule has 0 aliphatic rings. The lowest BCUT2D eigenvalue weighted by Crippen LogP contribution is -2.42. The van der Waals surface area contributed by atoms with Gasteiger partial charge >= 0.3 is 5.69 Å². The van der Waals surface area contributed by atoms with Crippen LogP contribution in [0.3, 0.4) is 0 Å². The normalized spacial score (nSPS) is 12.2. The number of hydrogen-bond acceptors (Lipinski definition) is 4. The molecule has 0 aliphatic heterocycles. The summed E-state index contributed by atoms with van der Waals surface area (Å²) in [7, 11) is 0. The van der Waals surface area contributed by atoms with Gasteiger partial charge < -0.3 is 15.0 Å². The predicted molar refractivity (Wildman–Crippen MR) is 99.1 cm³/mol. The van der Waals surface area contributed by atoms with Crippen molar-refractivity contribution < 1.29 is 9.90 Å². The maximum Gasteiger partial charge on any atom is 0.325 e. The Morgan fingerprint density at radius 3 is 2.27 bits per heavy atom. The van der Waals surface area contributed by atoms with Crippen molar-refractivity contribution in [2.45, 2.75) is 46.3 Å².